The van der Waals surface area contributed by atoms with Crippen LogP contribution in [0.1, 0.15) is 6.42 Å². The van der Waals surface area contributed by atoms with Gasteiger partial charge in [-0.1, -0.05) is 0 Å². The highest BCUT2D eigenvalue weighted by atomic mass is 16.4. The minimum Gasteiger partial charge on any atom is -0.481 e. The summed E-state index contributed by atoms with van der Waals surface area (Å²) in [6.45, 7) is 0.0290. The number of nitrogens with zero attached hydrogens (tertiary/aromatic N) is 1. The molecule has 1 unspecified atom stereocenters. The van der Waals surface area contributed by atoms with Gasteiger partial charge in [0.15, 0.2) is 12.0 Å². The number of anilines is 1. The van der Waals surface area contributed by atoms with Crippen LogP contribution in [0.5, 0.6) is 0 Å². The third-order valence-electron chi connectivity index (χ3n) is 2.65. The van der Waals surface area contributed by atoms with Crippen molar-refractivity contribution in [1.82, 2.24) is 4.98 Å². The number of rotatable bonds is 6. The topological polar surface area (TPSA) is 113 Å². The summed E-state index contributed by atoms with van der Waals surface area (Å²) in [5.41, 5.74) is 1.93. The van der Waals surface area contributed by atoms with Gasteiger partial charge in [-0.2, -0.15) is 0 Å². The number of benzene rings is 1. The van der Waals surface area contributed by atoms with Crippen molar-refractivity contribution >= 4 is 28.7 Å². The Balaban J connectivity index is 2.03. The molecule has 3 N–H and O–H groups in total. The van der Waals surface area contributed by atoms with Gasteiger partial charge in [-0.15, -0.1) is 0 Å². The van der Waals surface area contributed by atoms with Crippen LogP contribution in [0.3, 0.4) is 0 Å². The predicted molar refractivity (Wildman–Crippen MR) is 65.9 cm³/mol. The molecule has 0 aliphatic rings. The number of carboxylic acids is 2. The minimum atomic E-state index is -1.14. The van der Waals surface area contributed by atoms with E-state index in [4.69, 9.17) is 14.6 Å². The van der Waals surface area contributed by atoms with Crippen molar-refractivity contribution in [2.45, 2.75) is 6.42 Å². The molecule has 0 bridgehead atoms. The fraction of sp³-hybridized carbons (Fsp3) is 0.250. The minimum absolute atomic E-state index is 0.0290. The van der Waals surface area contributed by atoms with Gasteiger partial charge >= 0.3 is 11.9 Å². The summed E-state index contributed by atoms with van der Waals surface area (Å²) in [4.78, 5) is 25.4. The van der Waals surface area contributed by atoms with Crippen molar-refractivity contribution < 1.29 is 24.2 Å². The maximum absolute atomic E-state index is 10.9. The van der Waals surface area contributed by atoms with Gasteiger partial charge in [0.25, 0.3) is 0 Å². The molecule has 0 saturated heterocycles. The molecule has 0 aliphatic carbocycles. The molecular weight excluding hydrogens is 252 g/mol. The van der Waals surface area contributed by atoms with Gasteiger partial charge in [0.05, 0.1) is 12.3 Å². The highest BCUT2D eigenvalue weighted by Crippen LogP contribution is 2.18. The fourth-order valence-electron chi connectivity index (χ4n) is 1.66. The lowest BCUT2D eigenvalue weighted by molar-refractivity contribution is -0.147. The summed E-state index contributed by atoms with van der Waals surface area (Å²) in [5.74, 6) is -3.27. The number of aromatic nitrogens is 1. The molecule has 1 aromatic heterocycles. The molecule has 0 saturated carbocycles. The molecule has 1 heterocycles. The molecule has 0 fully saturated rings. The molecule has 7 heteroatoms. The van der Waals surface area contributed by atoms with E-state index in [0.29, 0.717) is 16.8 Å². The number of fused-ring (bicyclic) bond motifs is 1. The number of oxazole rings is 1. The summed E-state index contributed by atoms with van der Waals surface area (Å²) in [6.07, 6.45) is 0.895. The Morgan fingerprint density at radius 1 is 1.37 bits per heavy atom. The molecule has 0 spiro atoms. The largest absolute Gasteiger partial charge is 0.481 e. The average Bonchev–Trinajstić information content (AvgIpc) is 2.80. The van der Waals surface area contributed by atoms with Crippen molar-refractivity contribution in [3.8, 4) is 0 Å². The third kappa shape index (κ3) is 3.21. The van der Waals surface area contributed by atoms with Crippen LogP contribution < -0.4 is 5.32 Å². The Morgan fingerprint density at radius 3 is 2.84 bits per heavy atom. The number of hydrogen-bond acceptors (Lipinski definition) is 5. The van der Waals surface area contributed by atoms with E-state index in [0.717, 1.165) is 0 Å². The number of carboxylic acid groups (broad SMARTS) is 2. The van der Waals surface area contributed by atoms with E-state index in [-0.39, 0.29) is 6.54 Å². The van der Waals surface area contributed by atoms with Crippen LogP contribution in [0.2, 0.25) is 0 Å². The summed E-state index contributed by atoms with van der Waals surface area (Å²) >= 11 is 0. The molecule has 7 nitrogen and oxygen atoms in total. The second-order valence-electron chi connectivity index (χ2n) is 4.05. The zero-order valence-electron chi connectivity index (χ0n) is 9.87. The quantitative estimate of drug-likeness (QED) is 0.723. The Bertz CT molecular complexity index is 607. The molecule has 0 amide bonds. The first kappa shape index (κ1) is 12.9. The maximum atomic E-state index is 10.9. The first-order chi connectivity index (χ1) is 9.06. The van der Waals surface area contributed by atoms with Crippen molar-refractivity contribution in [3.63, 3.8) is 0 Å². The Hall–Kier alpha value is -2.57. The molecule has 0 radical (unpaired) electrons. The fourth-order valence-corrected chi connectivity index (χ4v) is 1.66. The molecule has 19 heavy (non-hydrogen) atoms. The van der Waals surface area contributed by atoms with Gasteiger partial charge in [-0.05, 0) is 12.1 Å². The van der Waals surface area contributed by atoms with Crippen LogP contribution in [0.25, 0.3) is 11.1 Å². The predicted octanol–water partition coefficient (Wildman–Crippen LogP) is 1.42. The zero-order valence-corrected chi connectivity index (χ0v) is 9.87. The van der Waals surface area contributed by atoms with Crippen molar-refractivity contribution in [2.24, 2.45) is 5.92 Å². The van der Waals surface area contributed by atoms with Gasteiger partial charge in [0.2, 0.25) is 0 Å². The first-order valence-electron chi connectivity index (χ1n) is 5.58. The van der Waals surface area contributed by atoms with Crippen LogP contribution in [-0.4, -0.2) is 33.7 Å². The molecule has 2 aromatic rings. The van der Waals surface area contributed by atoms with E-state index in [9.17, 15) is 9.59 Å². The highest BCUT2D eigenvalue weighted by molar-refractivity contribution is 5.79. The maximum Gasteiger partial charge on any atom is 0.308 e. The standard InChI is InChI=1S/C12H12N2O5/c15-11(16)3-7(12(17)18)5-13-8-1-2-9-10(4-8)19-6-14-9/h1-2,4,6-7,13H,3,5H2,(H,15,16)(H,17,18). The van der Waals surface area contributed by atoms with Crippen molar-refractivity contribution in [1.29, 1.82) is 0 Å². The average molecular weight is 264 g/mol. The number of aliphatic carboxylic acids is 2. The lowest BCUT2D eigenvalue weighted by Crippen LogP contribution is -2.25. The van der Waals surface area contributed by atoms with Gasteiger partial charge in [-0.25, -0.2) is 4.98 Å². The SMILES string of the molecule is O=C(O)CC(CNc1ccc2ncoc2c1)C(=O)O. The molecule has 2 rings (SSSR count). The van der Waals surface area contributed by atoms with Crippen LogP contribution in [0.15, 0.2) is 29.0 Å². The van der Waals surface area contributed by atoms with Gasteiger partial charge in [-0.3, -0.25) is 9.59 Å². The van der Waals surface area contributed by atoms with Crippen LogP contribution in [0.4, 0.5) is 5.69 Å². The summed E-state index contributed by atoms with van der Waals surface area (Å²) in [5, 5.41) is 20.4. The van der Waals surface area contributed by atoms with E-state index in [2.05, 4.69) is 10.3 Å². The highest BCUT2D eigenvalue weighted by Gasteiger charge is 2.20. The van der Waals surface area contributed by atoms with Crippen LogP contribution in [0, 0.1) is 5.92 Å². The van der Waals surface area contributed by atoms with Gasteiger partial charge in [0.1, 0.15) is 5.52 Å². The summed E-state index contributed by atoms with van der Waals surface area (Å²) in [6, 6.07) is 5.14. The monoisotopic (exact) mass is 264 g/mol. The molecule has 0 aliphatic heterocycles. The van der Waals surface area contributed by atoms with E-state index in [1.54, 1.807) is 18.2 Å². The van der Waals surface area contributed by atoms with Crippen LogP contribution in [-0.2, 0) is 9.59 Å². The lowest BCUT2D eigenvalue weighted by atomic mass is 10.1. The summed E-state index contributed by atoms with van der Waals surface area (Å²) < 4.78 is 5.12. The van der Waals surface area contributed by atoms with Crippen LogP contribution >= 0.6 is 0 Å². The number of carbonyl (C=O) groups is 2. The lowest BCUT2D eigenvalue weighted by Gasteiger charge is -2.12. The number of nitrogens with one attached hydrogen (secondary N) is 1. The van der Waals surface area contributed by atoms with Gasteiger partial charge < -0.3 is 19.9 Å². The van der Waals surface area contributed by atoms with E-state index in [1.165, 1.54) is 6.39 Å². The smallest absolute Gasteiger partial charge is 0.308 e. The number of hydrogen-bond donors (Lipinski definition) is 3. The molecule has 1 aromatic carbocycles. The Labute approximate surface area is 107 Å². The van der Waals surface area contributed by atoms with E-state index < -0.39 is 24.3 Å². The first-order valence-corrected chi connectivity index (χ1v) is 5.58. The Morgan fingerprint density at radius 2 is 2.16 bits per heavy atom. The molecule has 100 valence electrons. The third-order valence-corrected chi connectivity index (χ3v) is 2.65. The second-order valence-corrected chi connectivity index (χ2v) is 4.05. The van der Waals surface area contributed by atoms with E-state index >= 15 is 0 Å². The Kier molecular flexibility index (Phi) is 3.65. The van der Waals surface area contributed by atoms with E-state index in [1.807, 2.05) is 0 Å². The second kappa shape index (κ2) is 5.38. The van der Waals surface area contributed by atoms with Crippen molar-refractivity contribution in [3.05, 3.63) is 24.6 Å². The zero-order chi connectivity index (χ0) is 13.8. The van der Waals surface area contributed by atoms with Gasteiger partial charge in [0, 0.05) is 18.3 Å². The molecule has 1 atom stereocenters. The summed E-state index contributed by atoms with van der Waals surface area (Å²) in [7, 11) is 0. The van der Waals surface area contributed by atoms with Crippen molar-refractivity contribution in [2.75, 3.05) is 11.9 Å². The molecular formula is C12H12N2O5. The normalized spacial score (nSPS) is 12.2.